The number of rotatable bonds is 14. The summed E-state index contributed by atoms with van der Waals surface area (Å²) in [6.07, 6.45) is 16.7. The highest BCUT2D eigenvalue weighted by Crippen LogP contribution is 2.41. The van der Waals surface area contributed by atoms with Crippen LogP contribution in [0.25, 0.3) is 0 Å². The molecule has 0 aliphatic rings. The maximum Gasteiger partial charge on any atom is 0.0605 e. The predicted octanol–water partition coefficient (Wildman–Crippen LogP) is 11.0. The third kappa shape index (κ3) is 15.4. The fourth-order valence-electron chi connectivity index (χ4n) is 3.68. The number of benzene rings is 1. The van der Waals surface area contributed by atoms with Gasteiger partial charge >= 0.3 is 0 Å². The van der Waals surface area contributed by atoms with Crippen LogP contribution in [-0.2, 0) is 0 Å². The standard InChI is InChI=1S/C31H48S2/c1-24(2)13-10-14-25(3)15-11-16-26(4)17-12-18-27(5)19-20-32-31(8,9)33-30-22-28(6)21-29(7)23-30/h13,15,17,19,21-23H,10-12,14,16,18,20H2,1-9H3. The fraction of sp³-hybridized carbons (Fsp3) is 0.548. The minimum Gasteiger partial charge on any atom is -0.140 e. The molecule has 2 heteroatoms. The lowest BCUT2D eigenvalue weighted by Gasteiger charge is -2.23. The van der Waals surface area contributed by atoms with Crippen LogP contribution in [0.5, 0.6) is 0 Å². The number of hydrogen-bond donors (Lipinski definition) is 0. The zero-order valence-electron chi connectivity index (χ0n) is 22.8. The summed E-state index contributed by atoms with van der Waals surface area (Å²) in [5.74, 6) is 1.08. The molecule has 0 nitrogen and oxygen atoms in total. The second-order valence-corrected chi connectivity index (χ2v) is 13.8. The summed E-state index contributed by atoms with van der Waals surface area (Å²) in [6, 6.07) is 6.85. The molecule has 1 aromatic rings. The van der Waals surface area contributed by atoms with Crippen LogP contribution < -0.4 is 0 Å². The molecule has 0 unspecified atom stereocenters. The van der Waals surface area contributed by atoms with E-state index in [9.17, 15) is 0 Å². The molecule has 0 spiro atoms. The largest absolute Gasteiger partial charge is 0.140 e. The Labute approximate surface area is 214 Å². The Morgan fingerprint density at radius 1 is 0.697 bits per heavy atom. The second kappa shape index (κ2) is 15.7. The van der Waals surface area contributed by atoms with Gasteiger partial charge in [-0.25, -0.2) is 0 Å². The van der Waals surface area contributed by atoms with Gasteiger partial charge in [-0.05, 0) is 124 Å². The quantitative estimate of drug-likeness (QED) is 0.146. The van der Waals surface area contributed by atoms with E-state index >= 15 is 0 Å². The molecule has 0 bridgehead atoms. The van der Waals surface area contributed by atoms with E-state index in [4.69, 9.17) is 0 Å². The van der Waals surface area contributed by atoms with Gasteiger partial charge in [-0.15, -0.1) is 23.5 Å². The minimum atomic E-state index is 0.171. The van der Waals surface area contributed by atoms with Crippen LogP contribution in [0.1, 0.15) is 98.1 Å². The van der Waals surface area contributed by atoms with Crippen molar-refractivity contribution >= 4 is 23.5 Å². The number of hydrogen-bond acceptors (Lipinski definition) is 2. The van der Waals surface area contributed by atoms with Crippen molar-refractivity contribution in [1.82, 2.24) is 0 Å². The molecule has 0 fully saturated rings. The van der Waals surface area contributed by atoms with Gasteiger partial charge in [-0.3, -0.25) is 0 Å². The summed E-state index contributed by atoms with van der Waals surface area (Å²) in [6.45, 7) is 20.2. The zero-order valence-corrected chi connectivity index (χ0v) is 24.4. The Bertz CT molecular complexity index is 825. The highest BCUT2D eigenvalue weighted by molar-refractivity contribution is 8.18. The van der Waals surface area contributed by atoms with Crippen LogP contribution in [0.3, 0.4) is 0 Å². The number of thioether (sulfide) groups is 2. The summed E-state index contributed by atoms with van der Waals surface area (Å²) in [5, 5.41) is 0. The highest BCUT2D eigenvalue weighted by atomic mass is 32.2. The monoisotopic (exact) mass is 484 g/mol. The van der Waals surface area contributed by atoms with Crippen LogP contribution >= 0.6 is 23.5 Å². The molecule has 0 saturated heterocycles. The first kappa shape index (κ1) is 29.9. The van der Waals surface area contributed by atoms with Gasteiger partial charge in [-0.2, -0.15) is 0 Å². The molecule has 0 N–H and O–H groups in total. The average molecular weight is 485 g/mol. The second-order valence-electron chi connectivity index (χ2n) is 10.2. The molecule has 0 aromatic heterocycles. The van der Waals surface area contributed by atoms with Gasteiger partial charge in [0.1, 0.15) is 0 Å². The van der Waals surface area contributed by atoms with E-state index in [-0.39, 0.29) is 4.08 Å². The van der Waals surface area contributed by atoms with Crippen molar-refractivity contribution in [3.8, 4) is 0 Å². The van der Waals surface area contributed by atoms with E-state index in [0.29, 0.717) is 0 Å². The molecule has 0 atom stereocenters. The molecule has 0 aliphatic heterocycles. The van der Waals surface area contributed by atoms with E-state index in [2.05, 4.69) is 105 Å². The van der Waals surface area contributed by atoms with Gasteiger partial charge < -0.3 is 0 Å². The van der Waals surface area contributed by atoms with E-state index in [1.165, 1.54) is 70.4 Å². The molecule has 0 amide bonds. The van der Waals surface area contributed by atoms with E-state index < -0.39 is 0 Å². The Hall–Kier alpha value is -1.12. The number of aryl methyl sites for hydroxylation is 2. The summed E-state index contributed by atoms with van der Waals surface area (Å²) in [5.41, 5.74) is 8.68. The predicted molar refractivity (Wildman–Crippen MR) is 157 cm³/mol. The Morgan fingerprint density at radius 3 is 1.64 bits per heavy atom. The Morgan fingerprint density at radius 2 is 1.15 bits per heavy atom. The molecule has 1 aromatic carbocycles. The molecule has 0 heterocycles. The molecular weight excluding hydrogens is 436 g/mol. The van der Waals surface area contributed by atoms with E-state index in [0.717, 1.165) is 12.2 Å². The minimum absolute atomic E-state index is 0.171. The van der Waals surface area contributed by atoms with Gasteiger partial charge in [0.15, 0.2) is 0 Å². The maximum absolute atomic E-state index is 2.44. The van der Waals surface area contributed by atoms with Gasteiger partial charge in [0.25, 0.3) is 0 Å². The topological polar surface area (TPSA) is 0 Å². The zero-order chi connectivity index (χ0) is 24.9. The van der Waals surface area contributed by atoms with Crippen molar-refractivity contribution < 1.29 is 0 Å². The summed E-state index contributed by atoms with van der Waals surface area (Å²) in [7, 11) is 0. The smallest absolute Gasteiger partial charge is 0.0605 e. The SMILES string of the molecule is CC(C)=CCCC(C)=CCCC(C)=CCCC(C)=CCSC(C)(C)Sc1cc(C)cc(C)c1. The third-order valence-corrected chi connectivity index (χ3v) is 8.17. The first-order chi connectivity index (χ1) is 15.5. The van der Waals surface area contributed by atoms with Crippen LogP contribution in [0, 0.1) is 13.8 Å². The molecule has 0 aliphatic carbocycles. The average Bonchev–Trinajstić information content (AvgIpc) is 2.66. The highest BCUT2D eigenvalue weighted by Gasteiger charge is 2.19. The lowest BCUT2D eigenvalue weighted by Crippen LogP contribution is -2.09. The first-order valence-corrected chi connectivity index (χ1v) is 14.3. The summed E-state index contributed by atoms with van der Waals surface area (Å²) < 4.78 is 0.171. The molecule has 184 valence electrons. The van der Waals surface area contributed by atoms with Crippen molar-refractivity contribution in [3.05, 3.63) is 75.9 Å². The molecule has 0 saturated carbocycles. The maximum atomic E-state index is 2.44. The van der Waals surface area contributed by atoms with Crippen molar-refractivity contribution in [2.24, 2.45) is 0 Å². The van der Waals surface area contributed by atoms with E-state index in [1.54, 1.807) is 0 Å². The molecule has 0 radical (unpaired) electrons. The van der Waals surface area contributed by atoms with Gasteiger partial charge in [0, 0.05) is 10.6 Å². The molecule has 33 heavy (non-hydrogen) atoms. The normalized spacial score (nSPS) is 13.4. The van der Waals surface area contributed by atoms with E-state index in [1.807, 2.05) is 23.5 Å². The van der Waals surface area contributed by atoms with Crippen molar-refractivity contribution in [2.45, 2.75) is 110 Å². The lowest BCUT2D eigenvalue weighted by atomic mass is 10.0. The van der Waals surface area contributed by atoms with Crippen LogP contribution in [0.15, 0.2) is 69.7 Å². The van der Waals surface area contributed by atoms with Gasteiger partial charge in [-0.1, -0.05) is 52.7 Å². The Balaban J connectivity index is 2.35. The van der Waals surface area contributed by atoms with Gasteiger partial charge in [0.2, 0.25) is 0 Å². The molecular formula is C31H48S2. The van der Waals surface area contributed by atoms with Crippen molar-refractivity contribution in [1.29, 1.82) is 0 Å². The van der Waals surface area contributed by atoms with Gasteiger partial charge in [0.05, 0.1) is 4.08 Å². The summed E-state index contributed by atoms with van der Waals surface area (Å²) >= 11 is 4.01. The Kier molecular flexibility index (Phi) is 14.2. The lowest BCUT2D eigenvalue weighted by molar-refractivity contribution is 0.899. The first-order valence-electron chi connectivity index (χ1n) is 12.5. The van der Waals surface area contributed by atoms with Crippen molar-refractivity contribution in [3.63, 3.8) is 0 Å². The van der Waals surface area contributed by atoms with Crippen molar-refractivity contribution in [2.75, 3.05) is 5.75 Å². The van der Waals surface area contributed by atoms with Crippen LogP contribution in [-0.4, -0.2) is 9.83 Å². The third-order valence-electron chi connectivity index (χ3n) is 5.58. The molecule has 1 rings (SSSR count). The van der Waals surface area contributed by atoms with Crippen LogP contribution in [0.4, 0.5) is 0 Å². The van der Waals surface area contributed by atoms with Crippen LogP contribution in [0.2, 0.25) is 0 Å². The number of allylic oxidation sites excluding steroid dienone is 7. The fourth-order valence-corrected chi connectivity index (χ4v) is 6.23. The summed E-state index contributed by atoms with van der Waals surface area (Å²) in [4.78, 5) is 1.38.